The summed E-state index contributed by atoms with van der Waals surface area (Å²) in [6, 6.07) is 18.9. The Kier molecular flexibility index (Phi) is 8.49. The Morgan fingerprint density at radius 2 is 1.67 bits per heavy atom. The topological polar surface area (TPSA) is 108 Å². The number of hydrogen-bond donors (Lipinski definition) is 2. The number of sulfonamides is 1. The van der Waals surface area contributed by atoms with Gasteiger partial charge in [-0.2, -0.15) is 5.10 Å². The minimum atomic E-state index is -3.71. The van der Waals surface area contributed by atoms with E-state index in [1.807, 2.05) is 13.0 Å². The summed E-state index contributed by atoms with van der Waals surface area (Å²) in [5.41, 5.74) is 6.67. The SMILES string of the molecule is C/C(=N/NC(=O)CN(c1ccc(C)cc1C)S(C)(=O)=O)c1cccc(NC(=O)c2cccc(Cl)c2)c1. The number of aryl methyl sites for hydroxylation is 2. The van der Waals surface area contributed by atoms with Gasteiger partial charge in [0, 0.05) is 16.3 Å². The van der Waals surface area contributed by atoms with Gasteiger partial charge in [-0.05, 0) is 68.3 Å². The summed E-state index contributed by atoms with van der Waals surface area (Å²) in [6.07, 6.45) is 1.05. The monoisotopic (exact) mass is 526 g/mol. The van der Waals surface area contributed by atoms with Gasteiger partial charge in [-0.25, -0.2) is 13.8 Å². The second-order valence-electron chi connectivity index (χ2n) is 8.34. The first-order valence-corrected chi connectivity index (χ1v) is 13.2. The molecule has 0 atom stereocenters. The Bertz CT molecular complexity index is 1440. The number of hydrogen-bond acceptors (Lipinski definition) is 5. The Morgan fingerprint density at radius 1 is 0.972 bits per heavy atom. The normalized spacial score (nSPS) is 11.6. The van der Waals surface area contributed by atoms with Crippen molar-refractivity contribution in [1.29, 1.82) is 0 Å². The number of hydrazone groups is 1. The van der Waals surface area contributed by atoms with E-state index in [1.54, 1.807) is 74.5 Å². The summed E-state index contributed by atoms with van der Waals surface area (Å²) in [4.78, 5) is 25.1. The van der Waals surface area contributed by atoms with Crippen LogP contribution >= 0.6 is 11.6 Å². The van der Waals surface area contributed by atoms with Crippen LogP contribution in [0, 0.1) is 13.8 Å². The minimum Gasteiger partial charge on any atom is -0.322 e. The molecule has 0 heterocycles. The maximum absolute atomic E-state index is 12.6. The third kappa shape index (κ3) is 7.16. The number of nitrogens with one attached hydrogen (secondary N) is 2. The maximum Gasteiger partial charge on any atom is 0.260 e. The van der Waals surface area contributed by atoms with Crippen LogP contribution in [0.3, 0.4) is 0 Å². The van der Waals surface area contributed by atoms with Gasteiger partial charge in [0.2, 0.25) is 10.0 Å². The standard InChI is InChI=1S/C26H27ClN4O4S/c1-17-11-12-24(18(2)13-17)31(36(4,34)35)16-25(32)30-29-19(3)20-7-6-10-23(15-20)28-26(33)21-8-5-9-22(27)14-21/h5-15H,16H2,1-4H3,(H,28,33)(H,30,32)/b29-19-. The number of benzene rings is 3. The molecule has 0 aliphatic carbocycles. The largest absolute Gasteiger partial charge is 0.322 e. The number of carbonyl (C=O) groups excluding carboxylic acids is 2. The molecule has 3 aromatic rings. The van der Waals surface area contributed by atoms with Crippen LogP contribution in [-0.2, 0) is 14.8 Å². The van der Waals surface area contributed by atoms with Crippen molar-refractivity contribution >= 4 is 50.5 Å². The van der Waals surface area contributed by atoms with E-state index >= 15 is 0 Å². The fraction of sp³-hybridized carbons (Fsp3) is 0.192. The molecule has 0 aliphatic rings. The molecule has 0 saturated heterocycles. The van der Waals surface area contributed by atoms with E-state index < -0.39 is 22.5 Å². The zero-order valence-corrected chi connectivity index (χ0v) is 21.9. The van der Waals surface area contributed by atoms with Crippen LogP contribution in [0.25, 0.3) is 0 Å². The van der Waals surface area contributed by atoms with Crippen LogP contribution in [0.5, 0.6) is 0 Å². The van der Waals surface area contributed by atoms with Crippen LogP contribution < -0.4 is 15.0 Å². The van der Waals surface area contributed by atoms with Gasteiger partial charge in [0.1, 0.15) is 6.54 Å². The summed E-state index contributed by atoms with van der Waals surface area (Å²) < 4.78 is 25.8. The molecule has 3 aromatic carbocycles. The highest BCUT2D eigenvalue weighted by atomic mass is 35.5. The molecule has 3 rings (SSSR count). The number of rotatable bonds is 8. The Labute approximate surface area is 216 Å². The lowest BCUT2D eigenvalue weighted by Crippen LogP contribution is -2.39. The molecule has 0 aromatic heterocycles. The molecule has 188 valence electrons. The van der Waals surface area contributed by atoms with Crippen LogP contribution in [0.4, 0.5) is 11.4 Å². The predicted octanol–water partition coefficient (Wildman–Crippen LogP) is 4.52. The van der Waals surface area contributed by atoms with Crippen molar-refractivity contribution in [2.45, 2.75) is 20.8 Å². The quantitative estimate of drug-likeness (QED) is 0.332. The molecule has 0 saturated carbocycles. The highest BCUT2D eigenvalue weighted by Crippen LogP contribution is 2.23. The minimum absolute atomic E-state index is 0.315. The van der Waals surface area contributed by atoms with Crippen LogP contribution in [0.1, 0.15) is 34.0 Å². The first-order chi connectivity index (χ1) is 16.9. The van der Waals surface area contributed by atoms with E-state index in [0.717, 1.165) is 21.7 Å². The third-order valence-electron chi connectivity index (χ3n) is 5.28. The molecule has 0 spiro atoms. The second-order valence-corrected chi connectivity index (χ2v) is 10.7. The van der Waals surface area contributed by atoms with Crippen molar-refractivity contribution in [1.82, 2.24) is 5.43 Å². The van der Waals surface area contributed by atoms with Gasteiger partial charge in [0.15, 0.2) is 0 Å². The lowest BCUT2D eigenvalue weighted by atomic mass is 10.1. The molecule has 2 amide bonds. The first-order valence-electron chi connectivity index (χ1n) is 11.0. The average Bonchev–Trinajstić information content (AvgIpc) is 2.81. The van der Waals surface area contributed by atoms with Gasteiger partial charge in [0.25, 0.3) is 11.8 Å². The summed E-state index contributed by atoms with van der Waals surface area (Å²) in [6.45, 7) is 4.97. The van der Waals surface area contributed by atoms with Crippen molar-refractivity contribution in [2.24, 2.45) is 5.10 Å². The molecule has 36 heavy (non-hydrogen) atoms. The third-order valence-corrected chi connectivity index (χ3v) is 6.64. The highest BCUT2D eigenvalue weighted by molar-refractivity contribution is 7.92. The van der Waals surface area contributed by atoms with Crippen LogP contribution in [0.2, 0.25) is 5.02 Å². The summed E-state index contributed by atoms with van der Waals surface area (Å²) in [5, 5.41) is 7.38. The van der Waals surface area contributed by atoms with Crippen LogP contribution in [-0.4, -0.2) is 38.7 Å². The van der Waals surface area contributed by atoms with Crippen LogP contribution in [0.15, 0.2) is 71.8 Å². The average molecular weight is 527 g/mol. The van der Waals surface area contributed by atoms with E-state index in [2.05, 4.69) is 15.8 Å². The number of halogens is 1. The summed E-state index contributed by atoms with van der Waals surface area (Å²) in [7, 11) is -3.71. The van der Waals surface area contributed by atoms with Crippen molar-refractivity contribution in [3.8, 4) is 0 Å². The molecular weight excluding hydrogens is 500 g/mol. The van der Waals surface area contributed by atoms with Gasteiger partial charge >= 0.3 is 0 Å². The van der Waals surface area contributed by atoms with E-state index in [0.29, 0.717) is 33.2 Å². The highest BCUT2D eigenvalue weighted by Gasteiger charge is 2.22. The molecule has 0 radical (unpaired) electrons. The molecule has 0 aliphatic heterocycles. The summed E-state index contributed by atoms with van der Waals surface area (Å²) >= 11 is 5.96. The zero-order valence-electron chi connectivity index (χ0n) is 20.4. The van der Waals surface area contributed by atoms with E-state index in [9.17, 15) is 18.0 Å². The van der Waals surface area contributed by atoms with Gasteiger partial charge in [-0.1, -0.05) is 47.5 Å². The Morgan fingerprint density at radius 3 is 2.33 bits per heavy atom. The Hall–Kier alpha value is -3.69. The number of anilines is 2. The molecule has 0 bridgehead atoms. The van der Waals surface area contributed by atoms with Gasteiger partial charge in [0.05, 0.1) is 17.7 Å². The molecule has 2 N–H and O–H groups in total. The second kappa shape index (κ2) is 11.4. The predicted molar refractivity (Wildman–Crippen MR) is 144 cm³/mol. The molecule has 0 fully saturated rings. The van der Waals surface area contributed by atoms with E-state index in [4.69, 9.17) is 11.6 Å². The van der Waals surface area contributed by atoms with Crippen molar-refractivity contribution in [3.63, 3.8) is 0 Å². The summed E-state index contributed by atoms with van der Waals surface area (Å²) in [5.74, 6) is -0.907. The molecule has 0 unspecified atom stereocenters. The Balaban J connectivity index is 1.71. The lowest BCUT2D eigenvalue weighted by molar-refractivity contribution is -0.119. The fourth-order valence-corrected chi connectivity index (χ4v) is 4.60. The number of amides is 2. The lowest BCUT2D eigenvalue weighted by Gasteiger charge is -2.23. The molecular formula is C26H27ClN4O4S. The van der Waals surface area contributed by atoms with Gasteiger partial charge in [-0.15, -0.1) is 0 Å². The first kappa shape index (κ1) is 26.9. The molecule has 8 nitrogen and oxygen atoms in total. The van der Waals surface area contributed by atoms with Gasteiger partial charge < -0.3 is 5.32 Å². The number of nitrogens with zero attached hydrogens (tertiary/aromatic N) is 2. The zero-order chi connectivity index (χ0) is 26.5. The van der Waals surface area contributed by atoms with Crippen molar-refractivity contribution in [3.05, 3.63) is 94.0 Å². The number of carbonyl (C=O) groups is 2. The van der Waals surface area contributed by atoms with Gasteiger partial charge in [-0.3, -0.25) is 13.9 Å². The maximum atomic E-state index is 12.6. The van der Waals surface area contributed by atoms with Crippen molar-refractivity contribution in [2.75, 3.05) is 22.4 Å². The van der Waals surface area contributed by atoms with Crippen molar-refractivity contribution < 1.29 is 18.0 Å². The smallest absolute Gasteiger partial charge is 0.260 e. The fourth-order valence-electron chi connectivity index (χ4n) is 3.50. The van der Waals surface area contributed by atoms with E-state index in [-0.39, 0.29) is 5.91 Å². The molecule has 10 heteroatoms. The van der Waals surface area contributed by atoms with E-state index in [1.165, 1.54) is 0 Å².